The smallest absolute Gasteiger partial charge is 0.345 e. The molecule has 1 radical (unpaired) electrons. The fourth-order valence-electron chi connectivity index (χ4n) is 0.203. The number of hydrogen-bond acceptors (Lipinski definition) is 2. The second kappa shape index (κ2) is 4.20. The highest BCUT2D eigenvalue weighted by Gasteiger charge is 2.01. The second-order valence-electron chi connectivity index (χ2n) is 1.20. The van der Waals surface area contributed by atoms with E-state index in [9.17, 15) is 13.6 Å². The van der Waals surface area contributed by atoms with Crippen LogP contribution in [0.25, 0.3) is 0 Å². The zero-order valence-corrected chi connectivity index (χ0v) is 4.51. The molecule has 0 aromatic rings. The third-order valence-corrected chi connectivity index (χ3v) is 0.507. The van der Waals surface area contributed by atoms with E-state index in [1.807, 2.05) is 0 Å². The van der Waals surface area contributed by atoms with E-state index in [4.69, 9.17) is 0 Å². The Hall–Kier alpha value is -0.710. The molecule has 0 saturated carbocycles. The van der Waals surface area contributed by atoms with E-state index in [0.717, 1.165) is 6.42 Å². The molecule has 0 unspecified atom stereocenters. The molecule has 0 aliphatic rings. The van der Waals surface area contributed by atoms with Crippen LogP contribution in [-0.4, -0.2) is 19.1 Å². The van der Waals surface area contributed by atoms with Crippen LogP contribution in [0.2, 0.25) is 0 Å². The molecule has 0 aromatic heterocycles. The zero-order valence-electron chi connectivity index (χ0n) is 4.51. The Morgan fingerprint density at radius 1 is 1.78 bits per heavy atom. The topological polar surface area (TPSA) is 52.3 Å². The Morgan fingerprint density at radius 2 is 2.33 bits per heavy atom. The summed E-state index contributed by atoms with van der Waals surface area (Å²) in [7, 11) is 0. The van der Waals surface area contributed by atoms with Crippen molar-refractivity contribution in [2.24, 2.45) is 5.73 Å². The molecular weight excluding hydrogens is 132 g/mol. The predicted molar refractivity (Wildman–Crippen MR) is 25.5 cm³/mol. The van der Waals surface area contributed by atoms with Crippen LogP contribution in [-0.2, 0) is 9.53 Å². The molecule has 2 N–H and O–H groups in total. The number of amides is 1. The van der Waals surface area contributed by atoms with E-state index < -0.39 is 19.1 Å². The largest absolute Gasteiger partial charge is 0.369 e. The van der Waals surface area contributed by atoms with Gasteiger partial charge in [-0.3, -0.25) is 4.79 Å². The van der Waals surface area contributed by atoms with Crippen molar-refractivity contribution >= 4 is 5.91 Å². The molecule has 3 nitrogen and oxygen atoms in total. The molecule has 0 aliphatic carbocycles. The van der Waals surface area contributed by atoms with Crippen molar-refractivity contribution in [2.45, 2.75) is 6.61 Å². The summed E-state index contributed by atoms with van der Waals surface area (Å²) in [6, 6.07) is 0. The third-order valence-electron chi connectivity index (χ3n) is 0.507. The lowest BCUT2D eigenvalue weighted by molar-refractivity contribution is -0.128. The summed E-state index contributed by atoms with van der Waals surface area (Å²) in [5.74, 6) is -0.768. The van der Waals surface area contributed by atoms with Crippen LogP contribution < -0.4 is 5.73 Å². The monoisotopic (exact) mass is 138 g/mol. The maximum absolute atomic E-state index is 11.1. The molecule has 0 atom stereocenters. The van der Waals surface area contributed by atoms with E-state index in [1.165, 1.54) is 0 Å². The molecular formula is C4H6F2NO2. The SMILES string of the molecule is NC(=O)[CH]COC(F)F. The first-order valence-electron chi connectivity index (χ1n) is 2.15. The van der Waals surface area contributed by atoms with Gasteiger partial charge in [0, 0.05) is 0 Å². The number of nitrogens with two attached hydrogens (primary N) is 1. The van der Waals surface area contributed by atoms with Crippen molar-refractivity contribution in [1.82, 2.24) is 0 Å². The van der Waals surface area contributed by atoms with E-state index in [0.29, 0.717) is 0 Å². The number of rotatable bonds is 4. The first kappa shape index (κ1) is 8.29. The van der Waals surface area contributed by atoms with Gasteiger partial charge in [-0.05, 0) is 0 Å². The lowest BCUT2D eigenvalue weighted by Gasteiger charge is -1.97. The standard InChI is InChI=1S/C4H6F2NO2/c5-4(6)9-2-1-3(7)8/h1,4H,2H2,(H2,7,8). The van der Waals surface area contributed by atoms with E-state index in [2.05, 4.69) is 10.5 Å². The van der Waals surface area contributed by atoms with Crippen LogP contribution in [0, 0.1) is 6.42 Å². The second-order valence-corrected chi connectivity index (χ2v) is 1.20. The van der Waals surface area contributed by atoms with Gasteiger partial charge in [-0.25, -0.2) is 0 Å². The number of alkyl halides is 2. The van der Waals surface area contributed by atoms with E-state index in [-0.39, 0.29) is 0 Å². The molecule has 0 aromatic carbocycles. The van der Waals surface area contributed by atoms with E-state index >= 15 is 0 Å². The quantitative estimate of drug-likeness (QED) is 0.590. The average molecular weight is 138 g/mol. The summed E-state index contributed by atoms with van der Waals surface area (Å²) in [5, 5.41) is 0. The molecule has 5 heteroatoms. The summed E-state index contributed by atoms with van der Waals surface area (Å²) < 4.78 is 25.8. The fraction of sp³-hybridized carbons (Fsp3) is 0.500. The van der Waals surface area contributed by atoms with Gasteiger partial charge in [-0.2, -0.15) is 8.78 Å². The van der Waals surface area contributed by atoms with Crippen molar-refractivity contribution in [3.05, 3.63) is 6.42 Å². The number of ether oxygens (including phenoxy) is 1. The summed E-state index contributed by atoms with van der Waals surface area (Å²) in [6.07, 6.45) is 0.826. The van der Waals surface area contributed by atoms with Crippen molar-refractivity contribution in [1.29, 1.82) is 0 Å². The van der Waals surface area contributed by atoms with Gasteiger partial charge < -0.3 is 10.5 Å². The summed E-state index contributed by atoms with van der Waals surface area (Å²) in [5.41, 5.74) is 4.56. The number of hydrogen-bond donors (Lipinski definition) is 1. The van der Waals surface area contributed by atoms with Crippen LogP contribution in [0.4, 0.5) is 8.78 Å². The Morgan fingerprint density at radius 3 is 2.67 bits per heavy atom. The van der Waals surface area contributed by atoms with Gasteiger partial charge in [0.1, 0.15) is 0 Å². The Bertz CT molecular complexity index is 96.6. The highest BCUT2D eigenvalue weighted by molar-refractivity contribution is 5.82. The molecule has 0 heterocycles. The lowest BCUT2D eigenvalue weighted by Crippen LogP contribution is -2.15. The van der Waals surface area contributed by atoms with Crippen LogP contribution in [0.15, 0.2) is 0 Å². The number of carbonyl (C=O) groups is 1. The molecule has 0 bridgehead atoms. The highest BCUT2D eigenvalue weighted by Crippen LogP contribution is 1.93. The van der Waals surface area contributed by atoms with Gasteiger partial charge in [0.05, 0.1) is 13.0 Å². The average Bonchev–Trinajstić information content (AvgIpc) is 1.63. The summed E-state index contributed by atoms with van der Waals surface area (Å²) >= 11 is 0. The minimum absolute atomic E-state index is 0.438. The number of primary amides is 1. The Kier molecular flexibility index (Phi) is 3.87. The highest BCUT2D eigenvalue weighted by atomic mass is 19.3. The molecule has 0 fully saturated rings. The normalized spacial score (nSPS) is 10.1. The van der Waals surface area contributed by atoms with Crippen LogP contribution in [0.5, 0.6) is 0 Å². The summed E-state index contributed by atoms with van der Waals surface area (Å²) in [6.45, 7) is -3.28. The minimum Gasteiger partial charge on any atom is -0.369 e. The molecule has 0 rings (SSSR count). The van der Waals surface area contributed by atoms with Gasteiger partial charge in [0.25, 0.3) is 0 Å². The molecule has 53 valence electrons. The lowest BCUT2D eigenvalue weighted by atomic mass is 10.4. The molecule has 1 amide bonds. The third kappa shape index (κ3) is 7.29. The molecule has 0 aliphatic heterocycles. The van der Waals surface area contributed by atoms with Crippen LogP contribution in [0.1, 0.15) is 0 Å². The van der Waals surface area contributed by atoms with Gasteiger partial charge in [-0.1, -0.05) is 0 Å². The van der Waals surface area contributed by atoms with Crippen molar-refractivity contribution in [3.8, 4) is 0 Å². The van der Waals surface area contributed by atoms with Crippen molar-refractivity contribution in [3.63, 3.8) is 0 Å². The fourth-order valence-corrected chi connectivity index (χ4v) is 0.203. The Balaban J connectivity index is 3.01. The maximum atomic E-state index is 11.1. The van der Waals surface area contributed by atoms with Gasteiger partial charge in [0.15, 0.2) is 0 Å². The van der Waals surface area contributed by atoms with Crippen molar-refractivity contribution < 1.29 is 18.3 Å². The van der Waals surface area contributed by atoms with Crippen LogP contribution in [0.3, 0.4) is 0 Å². The Labute approximate surface area is 50.8 Å². The first-order valence-corrected chi connectivity index (χ1v) is 2.15. The maximum Gasteiger partial charge on any atom is 0.345 e. The number of carbonyl (C=O) groups excluding carboxylic acids is 1. The van der Waals surface area contributed by atoms with Gasteiger partial charge in [0.2, 0.25) is 5.91 Å². The predicted octanol–water partition coefficient (Wildman–Crippen LogP) is -0.0848. The van der Waals surface area contributed by atoms with Gasteiger partial charge >= 0.3 is 6.61 Å². The molecule has 0 spiro atoms. The first-order chi connectivity index (χ1) is 4.13. The number of halogens is 2. The van der Waals surface area contributed by atoms with E-state index in [1.54, 1.807) is 0 Å². The van der Waals surface area contributed by atoms with Gasteiger partial charge in [-0.15, -0.1) is 0 Å². The summed E-state index contributed by atoms with van der Waals surface area (Å²) in [4.78, 5) is 9.82. The zero-order chi connectivity index (χ0) is 7.28. The molecule has 0 saturated heterocycles. The van der Waals surface area contributed by atoms with Crippen LogP contribution >= 0.6 is 0 Å². The molecule has 9 heavy (non-hydrogen) atoms. The minimum atomic E-state index is -2.85. The van der Waals surface area contributed by atoms with Crippen molar-refractivity contribution in [2.75, 3.05) is 6.61 Å².